The summed E-state index contributed by atoms with van der Waals surface area (Å²) in [6, 6.07) is -0.0380. The van der Waals surface area contributed by atoms with Crippen LogP contribution in [0.1, 0.15) is 50.3 Å². The molecule has 1 aromatic rings. The van der Waals surface area contributed by atoms with Crippen LogP contribution in [-0.4, -0.2) is 24.2 Å². The second-order valence-electron chi connectivity index (χ2n) is 5.25. The normalized spacial score (nSPS) is 17.1. The van der Waals surface area contributed by atoms with Gasteiger partial charge in [0.15, 0.2) is 0 Å². The SMILES string of the molecule is COc1cnc(C(CCC2CCCC2)NN)c(OC)n1. The fourth-order valence-electron chi connectivity index (χ4n) is 2.85. The molecule has 1 unspecified atom stereocenters. The van der Waals surface area contributed by atoms with Crippen molar-refractivity contribution >= 4 is 0 Å². The van der Waals surface area contributed by atoms with Crippen LogP contribution in [0, 0.1) is 5.92 Å². The van der Waals surface area contributed by atoms with Gasteiger partial charge in [-0.25, -0.2) is 4.98 Å². The van der Waals surface area contributed by atoms with Crippen molar-refractivity contribution in [3.8, 4) is 11.8 Å². The van der Waals surface area contributed by atoms with Gasteiger partial charge >= 0.3 is 0 Å². The Labute approximate surface area is 120 Å². The number of hydrogen-bond donors (Lipinski definition) is 2. The Morgan fingerprint density at radius 3 is 2.70 bits per heavy atom. The van der Waals surface area contributed by atoms with Crippen LogP contribution in [0.5, 0.6) is 11.8 Å². The minimum Gasteiger partial charge on any atom is -0.480 e. The second kappa shape index (κ2) is 7.40. The molecule has 1 heterocycles. The van der Waals surface area contributed by atoms with Gasteiger partial charge in [-0.1, -0.05) is 25.7 Å². The average molecular weight is 280 g/mol. The zero-order valence-electron chi connectivity index (χ0n) is 12.3. The van der Waals surface area contributed by atoms with Crippen LogP contribution < -0.4 is 20.7 Å². The van der Waals surface area contributed by atoms with Crippen molar-refractivity contribution < 1.29 is 9.47 Å². The topological polar surface area (TPSA) is 82.3 Å². The molecule has 1 aliphatic rings. The lowest BCUT2D eigenvalue weighted by atomic mass is 9.97. The Morgan fingerprint density at radius 1 is 1.35 bits per heavy atom. The highest BCUT2D eigenvalue weighted by molar-refractivity contribution is 5.25. The van der Waals surface area contributed by atoms with Gasteiger partial charge in [0.25, 0.3) is 0 Å². The van der Waals surface area contributed by atoms with Gasteiger partial charge in [0, 0.05) is 0 Å². The average Bonchev–Trinajstić information content (AvgIpc) is 3.01. The summed E-state index contributed by atoms with van der Waals surface area (Å²) in [4.78, 5) is 8.64. The van der Waals surface area contributed by atoms with E-state index in [9.17, 15) is 0 Å². The fourth-order valence-corrected chi connectivity index (χ4v) is 2.85. The fraction of sp³-hybridized carbons (Fsp3) is 0.714. The summed E-state index contributed by atoms with van der Waals surface area (Å²) in [7, 11) is 3.14. The van der Waals surface area contributed by atoms with Crippen LogP contribution in [0.25, 0.3) is 0 Å². The molecule has 1 aromatic heterocycles. The minimum absolute atomic E-state index is 0.0380. The summed E-state index contributed by atoms with van der Waals surface area (Å²) in [6.07, 6.45) is 9.08. The van der Waals surface area contributed by atoms with Gasteiger partial charge in [-0.15, -0.1) is 0 Å². The summed E-state index contributed by atoms with van der Waals surface area (Å²) in [5.74, 6) is 7.41. The van der Waals surface area contributed by atoms with Gasteiger partial charge < -0.3 is 9.47 Å². The minimum atomic E-state index is -0.0380. The van der Waals surface area contributed by atoms with Gasteiger partial charge in [-0.3, -0.25) is 11.3 Å². The number of nitrogens with two attached hydrogens (primary N) is 1. The largest absolute Gasteiger partial charge is 0.480 e. The molecular weight excluding hydrogens is 256 g/mol. The molecule has 1 aliphatic carbocycles. The van der Waals surface area contributed by atoms with E-state index in [4.69, 9.17) is 15.3 Å². The third kappa shape index (κ3) is 3.58. The molecule has 6 nitrogen and oxygen atoms in total. The molecule has 0 aromatic carbocycles. The number of rotatable bonds is 7. The molecular formula is C14H24N4O2. The number of ether oxygens (including phenoxy) is 2. The van der Waals surface area contributed by atoms with Crippen molar-refractivity contribution in [2.45, 2.75) is 44.6 Å². The van der Waals surface area contributed by atoms with Crippen LogP contribution in [0.15, 0.2) is 6.20 Å². The molecule has 1 fully saturated rings. The van der Waals surface area contributed by atoms with E-state index in [0.717, 1.165) is 24.5 Å². The summed E-state index contributed by atoms with van der Waals surface area (Å²) in [6.45, 7) is 0. The Bertz CT molecular complexity index is 422. The lowest BCUT2D eigenvalue weighted by Crippen LogP contribution is -2.29. The Balaban J connectivity index is 2.05. The molecule has 0 spiro atoms. The van der Waals surface area contributed by atoms with Crippen molar-refractivity contribution in [2.24, 2.45) is 11.8 Å². The third-order valence-corrected chi connectivity index (χ3v) is 4.02. The highest BCUT2D eigenvalue weighted by Crippen LogP contribution is 2.32. The molecule has 6 heteroatoms. The molecule has 0 radical (unpaired) electrons. The Hall–Kier alpha value is -1.40. The van der Waals surface area contributed by atoms with Crippen molar-refractivity contribution in [2.75, 3.05) is 14.2 Å². The smallest absolute Gasteiger partial charge is 0.240 e. The number of nitrogens with zero attached hydrogens (tertiary/aromatic N) is 2. The lowest BCUT2D eigenvalue weighted by molar-refractivity contribution is 0.341. The van der Waals surface area contributed by atoms with E-state index >= 15 is 0 Å². The zero-order valence-corrected chi connectivity index (χ0v) is 12.3. The van der Waals surface area contributed by atoms with Crippen LogP contribution in [0.3, 0.4) is 0 Å². The van der Waals surface area contributed by atoms with Crippen molar-refractivity contribution in [1.29, 1.82) is 0 Å². The summed E-state index contributed by atoms with van der Waals surface area (Å²) >= 11 is 0. The first kappa shape index (κ1) is 15.0. The molecule has 20 heavy (non-hydrogen) atoms. The maximum atomic E-state index is 5.68. The van der Waals surface area contributed by atoms with E-state index in [1.165, 1.54) is 25.7 Å². The molecule has 1 saturated carbocycles. The van der Waals surface area contributed by atoms with E-state index in [2.05, 4.69) is 15.4 Å². The molecule has 1 atom stereocenters. The first-order chi connectivity index (χ1) is 9.78. The highest BCUT2D eigenvalue weighted by atomic mass is 16.5. The van der Waals surface area contributed by atoms with Gasteiger partial charge in [-0.05, 0) is 18.8 Å². The van der Waals surface area contributed by atoms with Crippen LogP contribution in [0.4, 0.5) is 0 Å². The monoisotopic (exact) mass is 280 g/mol. The molecule has 0 aliphatic heterocycles. The number of hydrogen-bond acceptors (Lipinski definition) is 6. The number of methoxy groups -OCH3 is 2. The first-order valence-corrected chi connectivity index (χ1v) is 7.19. The molecule has 0 bridgehead atoms. The van der Waals surface area contributed by atoms with Crippen LogP contribution in [0.2, 0.25) is 0 Å². The van der Waals surface area contributed by atoms with Crippen molar-refractivity contribution in [1.82, 2.24) is 15.4 Å². The quantitative estimate of drug-likeness (QED) is 0.587. The van der Waals surface area contributed by atoms with Gasteiger partial charge in [0.1, 0.15) is 5.69 Å². The van der Waals surface area contributed by atoms with Crippen molar-refractivity contribution in [3.63, 3.8) is 0 Å². The maximum absolute atomic E-state index is 5.68. The number of nitrogens with one attached hydrogen (secondary N) is 1. The third-order valence-electron chi connectivity index (χ3n) is 4.02. The molecule has 0 saturated heterocycles. The second-order valence-corrected chi connectivity index (χ2v) is 5.25. The lowest BCUT2D eigenvalue weighted by Gasteiger charge is -2.19. The predicted octanol–water partition coefficient (Wildman–Crippen LogP) is 1.97. The van der Waals surface area contributed by atoms with E-state index in [1.807, 2.05) is 0 Å². The maximum Gasteiger partial charge on any atom is 0.240 e. The molecule has 3 N–H and O–H groups in total. The van der Waals surface area contributed by atoms with E-state index in [1.54, 1.807) is 20.4 Å². The standard InChI is InChI=1S/C14H24N4O2/c1-19-12-9-16-13(14(17-12)20-2)11(18-15)8-7-10-5-3-4-6-10/h9-11,18H,3-8,15H2,1-2H3. The Kier molecular flexibility index (Phi) is 5.55. The molecule has 2 rings (SSSR count). The summed E-state index contributed by atoms with van der Waals surface area (Å²) < 4.78 is 10.4. The van der Waals surface area contributed by atoms with Crippen molar-refractivity contribution in [3.05, 3.63) is 11.9 Å². The Morgan fingerprint density at radius 2 is 2.10 bits per heavy atom. The summed E-state index contributed by atoms with van der Waals surface area (Å²) in [5, 5.41) is 0. The van der Waals surface area contributed by atoms with Gasteiger partial charge in [0.05, 0.1) is 26.5 Å². The van der Waals surface area contributed by atoms with E-state index < -0.39 is 0 Å². The predicted molar refractivity (Wildman–Crippen MR) is 76.4 cm³/mol. The highest BCUT2D eigenvalue weighted by Gasteiger charge is 2.22. The van der Waals surface area contributed by atoms with Gasteiger partial charge in [0.2, 0.25) is 11.8 Å². The first-order valence-electron chi connectivity index (χ1n) is 7.19. The summed E-state index contributed by atoms with van der Waals surface area (Å²) in [5.41, 5.74) is 3.58. The molecule has 0 amide bonds. The van der Waals surface area contributed by atoms with E-state index in [-0.39, 0.29) is 6.04 Å². The van der Waals surface area contributed by atoms with Crippen LogP contribution >= 0.6 is 0 Å². The van der Waals surface area contributed by atoms with Gasteiger partial charge in [-0.2, -0.15) is 4.98 Å². The number of aromatic nitrogens is 2. The molecule has 112 valence electrons. The van der Waals surface area contributed by atoms with Crippen LogP contribution in [-0.2, 0) is 0 Å². The van der Waals surface area contributed by atoms with E-state index in [0.29, 0.717) is 11.8 Å². The number of hydrazine groups is 1. The zero-order chi connectivity index (χ0) is 14.4.